The molecule has 0 amide bonds. The van der Waals surface area contributed by atoms with Crippen molar-refractivity contribution >= 4 is 12.1 Å². The summed E-state index contributed by atoms with van der Waals surface area (Å²) in [5.41, 5.74) is 2.64. The molecular formula is C5H8N2O3. The lowest BCUT2D eigenvalue weighted by Crippen LogP contribution is -2.22. The average Bonchev–Trinajstić information content (AvgIpc) is 1.88. The summed E-state index contributed by atoms with van der Waals surface area (Å²) in [4.78, 5) is 9.94. The first-order chi connectivity index (χ1) is 4.79. The van der Waals surface area contributed by atoms with Gasteiger partial charge in [0.25, 0.3) is 0 Å². The quantitative estimate of drug-likeness (QED) is 0.482. The predicted molar refractivity (Wildman–Crippen MR) is 33.8 cm³/mol. The summed E-state index contributed by atoms with van der Waals surface area (Å²) in [6, 6.07) is 0. The van der Waals surface area contributed by atoms with E-state index in [1.54, 1.807) is 0 Å². The second kappa shape index (κ2) is 3.05. The summed E-state index contributed by atoms with van der Waals surface area (Å²) in [6.07, 6.45) is 0.160. The molecule has 5 nitrogen and oxygen atoms in total. The Morgan fingerprint density at radius 1 is 1.80 bits per heavy atom. The van der Waals surface area contributed by atoms with Gasteiger partial charge in [-0.2, -0.15) is 0 Å². The van der Waals surface area contributed by atoms with E-state index in [9.17, 15) is 4.79 Å². The molecule has 0 aromatic heterocycles. The average molecular weight is 144 g/mol. The highest BCUT2D eigenvalue weighted by Crippen LogP contribution is 1.98. The Hall–Kier alpha value is -1.26. The molecule has 0 saturated heterocycles. The zero-order valence-corrected chi connectivity index (χ0v) is 5.33. The van der Waals surface area contributed by atoms with Crippen molar-refractivity contribution in [2.24, 2.45) is 5.10 Å². The Kier molecular flexibility index (Phi) is 2.09. The predicted octanol–water partition coefficient (Wildman–Crippen LogP) is 0.378. The van der Waals surface area contributed by atoms with Crippen LogP contribution in [-0.4, -0.2) is 23.7 Å². The van der Waals surface area contributed by atoms with Crippen LogP contribution in [0.5, 0.6) is 0 Å². The highest BCUT2D eigenvalue weighted by Gasteiger charge is 2.08. The molecule has 2 N–H and O–H groups in total. The smallest absolute Gasteiger partial charge is 0.449 e. The van der Waals surface area contributed by atoms with E-state index in [-0.39, 0.29) is 5.90 Å². The number of carbonyl (C=O) groups is 1. The zero-order valence-electron chi connectivity index (χ0n) is 5.33. The zero-order chi connectivity index (χ0) is 7.40. The second-order valence-electron chi connectivity index (χ2n) is 1.89. The third-order valence-electron chi connectivity index (χ3n) is 1.09. The molecule has 0 bridgehead atoms. The molecule has 1 rings (SSSR count). The van der Waals surface area contributed by atoms with Gasteiger partial charge in [0.15, 0.2) is 0 Å². The van der Waals surface area contributed by atoms with Crippen molar-refractivity contribution in [3.05, 3.63) is 0 Å². The molecule has 5 heteroatoms. The molecule has 0 fully saturated rings. The fraction of sp³-hybridized carbons (Fsp3) is 0.600. The van der Waals surface area contributed by atoms with E-state index in [1.807, 2.05) is 0 Å². The van der Waals surface area contributed by atoms with Gasteiger partial charge in [-0.15, -0.1) is 5.10 Å². The third-order valence-corrected chi connectivity index (χ3v) is 1.09. The number of hydrogen-bond donors (Lipinski definition) is 2. The van der Waals surface area contributed by atoms with E-state index in [2.05, 4.69) is 15.3 Å². The highest BCUT2D eigenvalue weighted by atomic mass is 16.7. The summed E-state index contributed by atoms with van der Waals surface area (Å²) in [5.74, 6) is 0.249. The van der Waals surface area contributed by atoms with Crippen LogP contribution >= 0.6 is 0 Å². The van der Waals surface area contributed by atoms with Crippen LogP contribution in [0.25, 0.3) is 0 Å². The van der Waals surface area contributed by atoms with Crippen molar-refractivity contribution in [3.8, 4) is 0 Å². The minimum absolute atomic E-state index is 0.249. The molecule has 10 heavy (non-hydrogen) atoms. The number of rotatable bonds is 0. The van der Waals surface area contributed by atoms with E-state index < -0.39 is 6.16 Å². The van der Waals surface area contributed by atoms with Crippen LogP contribution in [0.4, 0.5) is 4.79 Å². The molecule has 0 spiro atoms. The van der Waals surface area contributed by atoms with E-state index in [4.69, 9.17) is 5.11 Å². The SMILES string of the molecule is O=C(O)OC1=NNCCC1. The molecule has 0 radical (unpaired) electrons. The Balaban J connectivity index is 2.38. The van der Waals surface area contributed by atoms with E-state index in [0.29, 0.717) is 6.42 Å². The third kappa shape index (κ3) is 1.93. The maximum Gasteiger partial charge on any atom is 0.512 e. The first-order valence-electron chi connectivity index (χ1n) is 2.99. The standard InChI is InChI=1S/C5H8N2O3/c8-5(9)10-4-2-1-3-6-7-4/h6H,1-3H2,(H,8,9). The molecule has 0 atom stereocenters. The van der Waals surface area contributed by atoms with Crippen molar-refractivity contribution in [1.29, 1.82) is 0 Å². The molecule has 0 aromatic rings. The second-order valence-corrected chi connectivity index (χ2v) is 1.89. The Morgan fingerprint density at radius 2 is 2.60 bits per heavy atom. The lowest BCUT2D eigenvalue weighted by Gasteiger charge is -2.09. The largest absolute Gasteiger partial charge is 0.512 e. The van der Waals surface area contributed by atoms with Gasteiger partial charge in [0.05, 0.1) is 0 Å². The lowest BCUT2D eigenvalue weighted by atomic mass is 10.3. The van der Waals surface area contributed by atoms with Gasteiger partial charge in [-0.1, -0.05) is 0 Å². The topological polar surface area (TPSA) is 70.9 Å². The number of hydrogen-bond acceptors (Lipinski definition) is 4. The van der Waals surface area contributed by atoms with E-state index >= 15 is 0 Å². The summed E-state index contributed by atoms with van der Waals surface area (Å²) < 4.78 is 4.30. The van der Waals surface area contributed by atoms with Crippen LogP contribution in [0, 0.1) is 0 Å². The van der Waals surface area contributed by atoms with Gasteiger partial charge in [-0.05, 0) is 6.42 Å². The van der Waals surface area contributed by atoms with Crippen molar-refractivity contribution < 1.29 is 14.6 Å². The van der Waals surface area contributed by atoms with Crippen LogP contribution in [0.2, 0.25) is 0 Å². The molecule has 0 aliphatic carbocycles. The summed E-state index contributed by atoms with van der Waals surface area (Å²) in [5, 5.41) is 11.8. The van der Waals surface area contributed by atoms with Gasteiger partial charge in [0.2, 0.25) is 5.90 Å². The summed E-state index contributed by atoms with van der Waals surface area (Å²) in [6.45, 7) is 0.784. The summed E-state index contributed by atoms with van der Waals surface area (Å²) in [7, 11) is 0. The first kappa shape index (κ1) is 6.85. The molecule has 0 unspecified atom stereocenters. The van der Waals surface area contributed by atoms with Crippen LogP contribution < -0.4 is 5.43 Å². The maximum absolute atomic E-state index is 9.94. The minimum Gasteiger partial charge on any atom is -0.449 e. The van der Waals surface area contributed by atoms with E-state index in [1.165, 1.54) is 0 Å². The maximum atomic E-state index is 9.94. The summed E-state index contributed by atoms with van der Waals surface area (Å²) >= 11 is 0. The van der Waals surface area contributed by atoms with Gasteiger partial charge in [-0.25, -0.2) is 4.79 Å². The number of carboxylic acid groups (broad SMARTS) is 1. The van der Waals surface area contributed by atoms with E-state index in [0.717, 1.165) is 13.0 Å². The first-order valence-corrected chi connectivity index (χ1v) is 2.99. The molecule has 1 aliphatic rings. The Morgan fingerprint density at radius 3 is 3.10 bits per heavy atom. The molecule has 56 valence electrons. The number of nitrogens with one attached hydrogen (secondary N) is 1. The minimum atomic E-state index is -1.30. The number of hydrazone groups is 1. The van der Waals surface area contributed by atoms with Crippen LogP contribution in [-0.2, 0) is 4.74 Å². The number of ether oxygens (including phenoxy) is 1. The normalized spacial score (nSPS) is 17.0. The van der Waals surface area contributed by atoms with Crippen LogP contribution in [0.3, 0.4) is 0 Å². The van der Waals surface area contributed by atoms with Crippen molar-refractivity contribution in [1.82, 2.24) is 5.43 Å². The van der Waals surface area contributed by atoms with Gasteiger partial charge >= 0.3 is 6.16 Å². The molecule has 0 aromatic carbocycles. The monoisotopic (exact) mass is 144 g/mol. The number of nitrogens with zero attached hydrogens (tertiary/aromatic N) is 1. The van der Waals surface area contributed by atoms with Gasteiger partial charge in [-0.3, -0.25) is 0 Å². The molecule has 1 aliphatic heterocycles. The Labute approximate surface area is 57.7 Å². The molecule has 1 heterocycles. The lowest BCUT2D eigenvalue weighted by molar-refractivity contribution is 0.138. The van der Waals surface area contributed by atoms with Gasteiger partial charge in [0.1, 0.15) is 0 Å². The van der Waals surface area contributed by atoms with Crippen molar-refractivity contribution in [2.75, 3.05) is 6.54 Å². The highest BCUT2D eigenvalue weighted by molar-refractivity contribution is 5.85. The fourth-order valence-corrected chi connectivity index (χ4v) is 0.693. The molecule has 0 saturated carbocycles. The van der Waals surface area contributed by atoms with Crippen molar-refractivity contribution in [2.45, 2.75) is 12.8 Å². The van der Waals surface area contributed by atoms with Gasteiger partial charge in [0, 0.05) is 13.0 Å². The fourth-order valence-electron chi connectivity index (χ4n) is 0.693. The van der Waals surface area contributed by atoms with Gasteiger partial charge < -0.3 is 15.3 Å². The van der Waals surface area contributed by atoms with Crippen LogP contribution in [0.15, 0.2) is 5.10 Å². The van der Waals surface area contributed by atoms with Crippen LogP contribution in [0.1, 0.15) is 12.8 Å². The Bertz CT molecular complexity index is 166. The van der Waals surface area contributed by atoms with Crippen molar-refractivity contribution in [3.63, 3.8) is 0 Å². The molecular weight excluding hydrogens is 136 g/mol.